The SMILES string of the molecule is O=C1C2CCN(CC2)[C@H]1Cc1ccc2ccccc2c1O. The van der Waals surface area contributed by atoms with Crippen molar-refractivity contribution in [3.05, 3.63) is 42.0 Å². The van der Waals surface area contributed by atoms with E-state index in [-0.39, 0.29) is 12.0 Å². The molecule has 1 N–H and O–H groups in total. The largest absolute Gasteiger partial charge is 0.507 e. The van der Waals surface area contributed by atoms with Gasteiger partial charge in [0, 0.05) is 11.3 Å². The van der Waals surface area contributed by atoms with Crippen molar-refractivity contribution >= 4 is 16.6 Å². The summed E-state index contributed by atoms with van der Waals surface area (Å²) in [6.07, 6.45) is 2.66. The number of fused-ring (bicyclic) bond motifs is 4. The molecule has 0 amide bonds. The monoisotopic (exact) mass is 281 g/mol. The van der Waals surface area contributed by atoms with E-state index in [1.165, 1.54) is 0 Å². The molecule has 0 radical (unpaired) electrons. The fourth-order valence-electron chi connectivity index (χ4n) is 3.85. The summed E-state index contributed by atoms with van der Waals surface area (Å²) in [5.74, 6) is 0.964. The summed E-state index contributed by atoms with van der Waals surface area (Å²) in [5, 5.41) is 12.4. The molecule has 3 aliphatic rings. The van der Waals surface area contributed by atoms with Crippen LogP contribution in [-0.2, 0) is 11.2 Å². The van der Waals surface area contributed by atoms with Gasteiger partial charge in [0.1, 0.15) is 5.75 Å². The second kappa shape index (κ2) is 4.85. The molecule has 2 bridgehead atoms. The highest BCUT2D eigenvalue weighted by atomic mass is 16.3. The van der Waals surface area contributed by atoms with E-state index in [0.29, 0.717) is 18.0 Å². The average molecular weight is 281 g/mol. The van der Waals surface area contributed by atoms with Crippen LogP contribution >= 0.6 is 0 Å². The topological polar surface area (TPSA) is 40.5 Å². The standard InChI is InChI=1S/C18H19NO2/c20-17-14(6-5-12-3-1-2-4-15(12)17)11-16-18(21)13-7-9-19(16)10-8-13/h1-6,13,16,20H,7-11H2/t16-/m0/s1. The maximum Gasteiger partial charge on any atom is 0.153 e. The second-order valence-corrected chi connectivity index (χ2v) is 6.23. The molecule has 0 spiro atoms. The van der Waals surface area contributed by atoms with E-state index < -0.39 is 0 Å². The highest BCUT2D eigenvalue weighted by Gasteiger charge is 2.40. The minimum absolute atomic E-state index is 0.0374. The normalized spacial score (nSPS) is 28.2. The van der Waals surface area contributed by atoms with E-state index in [1.54, 1.807) is 0 Å². The summed E-state index contributed by atoms with van der Waals surface area (Å²) in [7, 11) is 0. The number of rotatable bonds is 2. The summed E-state index contributed by atoms with van der Waals surface area (Å²) in [5.41, 5.74) is 0.889. The maximum absolute atomic E-state index is 12.4. The van der Waals surface area contributed by atoms with E-state index in [9.17, 15) is 9.90 Å². The molecule has 0 unspecified atom stereocenters. The van der Waals surface area contributed by atoms with Gasteiger partial charge in [0.15, 0.2) is 5.78 Å². The molecule has 0 aromatic heterocycles. The van der Waals surface area contributed by atoms with Gasteiger partial charge >= 0.3 is 0 Å². The first-order valence-corrected chi connectivity index (χ1v) is 7.71. The third-order valence-corrected chi connectivity index (χ3v) is 5.10. The summed E-state index contributed by atoms with van der Waals surface area (Å²) in [6.45, 7) is 2.05. The van der Waals surface area contributed by atoms with Crippen molar-refractivity contribution in [1.82, 2.24) is 4.90 Å². The van der Waals surface area contributed by atoms with E-state index in [1.807, 2.05) is 36.4 Å². The molecular formula is C18H19NO2. The predicted molar refractivity (Wildman–Crippen MR) is 82.4 cm³/mol. The number of carbonyl (C=O) groups is 1. The van der Waals surface area contributed by atoms with E-state index >= 15 is 0 Å². The van der Waals surface area contributed by atoms with Crippen LogP contribution in [0.2, 0.25) is 0 Å². The first kappa shape index (κ1) is 12.8. The number of phenolic OH excluding ortho intramolecular Hbond substituents is 1. The maximum atomic E-state index is 12.4. The molecule has 21 heavy (non-hydrogen) atoms. The molecule has 3 heterocycles. The lowest BCUT2D eigenvalue weighted by molar-refractivity contribution is -0.136. The number of ketones is 1. The van der Waals surface area contributed by atoms with Gasteiger partial charge in [-0.25, -0.2) is 0 Å². The van der Waals surface area contributed by atoms with Crippen molar-refractivity contribution in [2.24, 2.45) is 5.92 Å². The van der Waals surface area contributed by atoms with Crippen molar-refractivity contribution in [3.63, 3.8) is 0 Å². The van der Waals surface area contributed by atoms with Gasteiger partial charge in [-0.05, 0) is 43.3 Å². The number of piperidine rings is 3. The van der Waals surface area contributed by atoms with Gasteiger partial charge in [-0.2, -0.15) is 0 Å². The van der Waals surface area contributed by atoms with E-state index in [0.717, 1.165) is 42.3 Å². The molecule has 3 nitrogen and oxygen atoms in total. The number of benzene rings is 2. The van der Waals surface area contributed by atoms with Crippen LogP contribution in [0.15, 0.2) is 36.4 Å². The summed E-state index contributed by atoms with van der Waals surface area (Å²) in [6, 6.07) is 11.8. The third kappa shape index (κ3) is 2.04. The molecule has 2 aromatic carbocycles. The minimum Gasteiger partial charge on any atom is -0.507 e. The number of Topliss-reactive ketones (excluding diaryl/α,β-unsaturated/α-hetero) is 1. The Morgan fingerprint density at radius 2 is 1.86 bits per heavy atom. The molecule has 3 heteroatoms. The smallest absolute Gasteiger partial charge is 0.153 e. The number of phenols is 1. The summed E-state index contributed by atoms with van der Waals surface area (Å²) < 4.78 is 0. The Bertz CT molecular complexity index is 701. The molecule has 0 aliphatic carbocycles. The lowest BCUT2D eigenvalue weighted by atomic mass is 9.80. The highest BCUT2D eigenvalue weighted by molar-refractivity contribution is 5.91. The van der Waals surface area contributed by atoms with Crippen LogP contribution in [-0.4, -0.2) is 34.9 Å². The first-order chi connectivity index (χ1) is 10.2. The molecule has 1 atom stereocenters. The Labute approximate surface area is 124 Å². The van der Waals surface area contributed by atoms with Crippen LogP contribution < -0.4 is 0 Å². The summed E-state index contributed by atoms with van der Waals surface area (Å²) >= 11 is 0. The third-order valence-electron chi connectivity index (χ3n) is 5.10. The van der Waals surface area contributed by atoms with E-state index in [2.05, 4.69) is 4.90 Å². The molecular weight excluding hydrogens is 262 g/mol. The predicted octanol–water partition coefficient (Wildman–Crippen LogP) is 2.75. The first-order valence-electron chi connectivity index (χ1n) is 7.71. The van der Waals surface area contributed by atoms with Crippen molar-refractivity contribution in [2.75, 3.05) is 13.1 Å². The second-order valence-electron chi connectivity index (χ2n) is 6.23. The van der Waals surface area contributed by atoms with Gasteiger partial charge in [-0.3, -0.25) is 9.69 Å². The molecule has 3 aliphatic heterocycles. The summed E-state index contributed by atoms with van der Waals surface area (Å²) in [4.78, 5) is 14.7. The highest BCUT2D eigenvalue weighted by Crippen LogP contribution is 2.34. The van der Waals surface area contributed by atoms with Crippen LogP contribution in [0.4, 0.5) is 0 Å². The lowest BCUT2D eigenvalue weighted by Gasteiger charge is -2.44. The average Bonchev–Trinajstić information content (AvgIpc) is 2.54. The van der Waals surface area contributed by atoms with Gasteiger partial charge in [0.25, 0.3) is 0 Å². The van der Waals surface area contributed by atoms with Crippen LogP contribution in [0.1, 0.15) is 18.4 Å². The number of carbonyl (C=O) groups excluding carboxylic acids is 1. The van der Waals surface area contributed by atoms with Gasteiger partial charge in [0.2, 0.25) is 0 Å². The van der Waals surface area contributed by atoms with E-state index in [4.69, 9.17) is 0 Å². The fraction of sp³-hybridized carbons (Fsp3) is 0.389. The molecule has 3 saturated heterocycles. The van der Waals surface area contributed by atoms with Gasteiger partial charge in [0.05, 0.1) is 6.04 Å². The molecule has 108 valence electrons. The molecule has 5 rings (SSSR count). The van der Waals surface area contributed by atoms with Gasteiger partial charge in [-0.1, -0.05) is 36.4 Å². The van der Waals surface area contributed by atoms with Crippen LogP contribution in [0.5, 0.6) is 5.75 Å². The Morgan fingerprint density at radius 3 is 2.62 bits per heavy atom. The number of hydrogen-bond donors (Lipinski definition) is 1. The number of hydrogen-bond acceptors (Lipinski definition) is 3. The van der Waals surface area contributed by atoms with Crippen molar-refractivity contribution in [1.29, 1.82) is 0 Å². The van der Waals surface area contributed by atoms with Crippen LogP contribution in [0, 0.1) is 5.92 Å². The Kier molecular flexibility index (Phi) is 2.96. The number of nitrogens with zero attached hydrogens (tertiary/aromatic N) is 1. The fourth-order valence-corrected chi connectivity index (χ4v) is 3.85. The molecule has 3 fully saturated rings. The zero-order chi connectivity index (χ0) is 14.4. The molecule has 2 aromatic rings. The van der Waals surface area contributed by atoms with Crippen molar-refractivity contribution < 1.29 is 9.90 Å². The van der Waals surface area contributed by atoms with Crippen molar-refractivity contribution in [3.8, 4) is 5.75 Å². The lowest BCUT2D eigenvalue weighted by Crippen LogP contribution is -2.56. The zero-order valence-corrected chi connectivity index (χ0v) is 12.0. The number of aromatic hydroxyl groups is 1. The molecule has 0 saturated carbocycles. The van der Waals surface area contributed by atoms with Crippen LogP contribution in [0.25, 0.3) is 10.8 Å². The Morgan fingerprint density at radius 1 is 1.10 bits per heavy atom. The quantitative estimate of drug-likeness (QED) is 0.920. The van der Waals surface area contributed by atoms with Gasteiger partial charge in [-0.15, -0.1) is 0 Å². The Hall–Kier alpha value is -1.87. The zero-order valence-electron chi connectivity index (χ0n) is 12.0. The van der Waals surface area contributed by atoms with Gasteiger partial charge < -0.3 is 5.11 Å². The van der Waals surface area contributed by atoms with Crippen molar-refractivity contribution in [2.45, 2.75) is 25.3 Å². The Balaban J connectivity index is 1.68. The minimum atomic E-state index is -0.0374. The van der Waals surface area contributed by atoms with Crippen LogP contribution in [0.3, 0.4) is 0 Å².